The third-order valence-electron chi connectivity index (χ3n) is 3.50. The number of hydrogen-bond donors (Lipinski definition) is 2. The van der Waals surface area contributed by atoms with Crippen molar-refractivity contribution in [3.63, 3.8) is 0 Å². The Morgan fingerprint density at radius 2 is 1.90 bits per heavy atom. The van der Waals surface area contributed by atoms with Crippen LogP contribution in [0.1, 0.15) is 71.2 Å². The molecule has 1 aliphatic rings. The summed E-state index contributed by atoms with van der Waals surface area (Å²) < 4.78 is 0. The topological polar surface area (TPSA) is 45.1 Å². The van der Waals surface area contributed by atoms with Gasteiger partial charge in [0.15, 0.2) is 0 Å². The van der Waals surface area contributed by atoms with Crippen molar-refractivity contribution in [2.45, 2.75) is 65.5 Å². The van der Waals surface area contributed by atoms with Gasteiger partial charge in [0.25, 0.3) is 0 Å². The van der Waals surface area contributed by atoms with Crippen LogP contribution < -0.4 is 15.9 Å². The van der Waals surface area contributed by atoms with Crippen molar-refractivity contribution in [1.29, 1.82) is 0 Å². The SMILES string of the molecule is CC.CCCCCCNC(O)c1ccc2c(n1)=CCCC=2. The van der Waals surface area contributed by atoms with Crippen LogP contribution in [0, 0.1) is 0 Å². The highest BCUT2D eigenvalue weighted by Gasteiger charge is 2.08. The van der Waals surface area contributed by atoms with Crippen molar-refractivity contribution in [3.8, 4) is 0 Å². The fourth-order valence-corrected chi connectivity index (χ4v) is 2.34. The first-order valence-electron chi connectivity index (χ1n) is 8.40. The van der Waals surface area contributed by atoms with Crippen molar-refractivity contribution >= 4 is 12.2 Å². The van der Waals surface area contributed by atoms with Gasteiger partial charge in [0, 0.05) is 0 Å². The summed E-state index contributed by atoms with van der Waals surface area (Å²) >= 11 is 0. The normalized spacial score (nSPS) is 14.1. The smallest absolute Gasteiger partial charge is 0.148 e. The molecule has 0 aliphatic heterocycles. The number of rotatable bonds is 7. The third kappa shape index (κ3) is 5.98. The van der Waals surface area contributed by atoms with Gasteiger partial charge < -0.3 is 5.11 Å². The van der Waals surface area contributed by atoms with Crippen LogP contribution in [-0.2, 0) is 0 Å². The molecule has 118 valence electrons. The summed E-state index contributed by atoms with van der Waals surface area (Å²) in [7, 11) is 0. The Hall–Kier alpha value is -1.19. The molecule has 1 unspecified atom stereocenters. The Morgan fingerprint density at radius 3 is 2.67 bits per heavy atom. The number of hydrogen-bond acceptors (Lipinski definition) is 3. The summed E-state index contributed by atoms with van der Waals surface area (Å²) in [6.07, 6.45) is 10.7. The largest absolute Gasteiger partial charge is 0.373 e. The van der Waals surface area contributed by atoms with E-state index in [1.807, 2.05) is 19.9 Å². The quantitative estimate of drug-likeness (QED) is 0.599. The van der Waals surface area contributed by atoms with Crippen LogP contribution in [0.25, 0.3) is 12.2 Å². The van der Waals surface area contributed by atoms with E-state index in [9.17, 15) is 5.11 Å². The summed E-state index contributed by atoms with van der Waals surface area (Å²) in [6.45, 7) is 7.04. The van der Waals surface area contributed by atoms with Crippen LogP contribution >= 0.6 is 0 Å². The Bertz CT molecular complexity index is 510. The van der Waals surface area contributed by atoms with Crippen molar-refractivity contribution < 1.29 is 5.11 Å². The van der Waals surface area contributed by atoms with Crippen molar-refractivity contribution in [2.75, 3.05) is 6.54 Å². The van der Waals surface area contributed by atoms with Gasteiger partial charge in [0.2, 0.25) is 0 Å². The van der Waals surface area contributed by atoms with Gasteiger partial charge in [-0.2, -0.15) is 0 Å². The fraction of sp³-hybridized carbons (Fsp3) is 0.611. The molecule has 1 atom stereocenters. The minimum absolute atomic E-state index is 0.651. The van der Waals surface area contributed by atoms with Crippen LogP contribution in [0.3, 0.4) is 0 Å². The van der Waals surface area contributed by atoms with E-state index in [4.69, 9.17) is 0 Å². The molecule has 1 aliphatic carbocycles. The van der Waals surface area contributed by atoms with Crippen molar-refractivity contribution in [2.24, 2.45) is 0 Å². The van der Waals surface area contributed by atoms with E-state index in [-0.39, 0.29) is 0 Å². The molecule has 2 N–H and O–H groups in total. The Morgan fingerprint density at radius 1 is 1.14 bits per heavy atom. The van der Waals surface area contributed by atoms with Crippen LogP contribution in [0.2, 0.25) is 0 Å². The van der Waals surface area contributed by atoms with Gasteiger partial charge >= 0.3 is 0 Å². The average Bonchev–Trinajstić information content (AvgIpc) is 2.56. The monoisotopic (exact) mass is 290 g/mol. The maximum atomic E-state index is 10.1. The van der Waals surface area contributed by atoms with Crippen molar-refractivity contribution in [1.82, 2.24) is 10.3 Å². The maximum absolute atomic E-state index is 10.1. The highest BCUT2D eigenvalue weighted by atomic mass is 16.3. The zero-order chi connectivity index (χ0) is 15.5. The number of unbranched alkanes of at least 4 members (excludes halogenated alkanes) is 3. The van der Waals surface area contributed by atoms with Gasteiger partial charge in [-0.1, -0.05) is 58.3 Å². The Labute approximate surface area is 128 Å². The molecule has 0 amide bonds. The summed E-state index contributed by atoms with van der Waals surface area (Å²) in [6, 6.07) is 3.97. The average molecular weight is 290 g/mol. The van der Waals surface area contributed by atoms with Crippen LogP contribution in [0.15, 0.2) is 12.1 Å². The number of fused-ring (bicyclic) bond motifs is 1. The molecule has 0 radical (unpaired) electrons. The molecule has 0 saturated carbocycles. The molecule has 1 aromatic heterocycles. The van der Waals surface area contributed by atoms with E-state index >= 15 is 0 Å². The van der Waals surface area contributed by atoms with E-state index in [2.05, 4.69) is 35.4 Å². The van der Waals surface area contributed by atoms with Gasteiger partial charge in [0.1, 0.15) is 6.23 Å². The van der Waals surface area contributed by atoms with Gasteiger partial charge in [0.05, 0.1) is 11.0 Å². The second-order valence-electron chi connectivity index (χ2n) is 5.11. The molecule has 2 rings (SSSR count). The second kappa shape index (κ2) is 10.5. The van der Waals surface area contributed by atoms with Crippen molar-refractivity contribution in [3.05, 3.63) is 28.4 Å². The lowest BCUT2D eigenvalue weighted by atomic mass is 10.1. The lowest BCUT2D eigenvalue weighted by Crippen LogP contribution is -2.33. The third-order valence-corrected chi connectivity index (χ3v) is 3.50. The molecule has 3 nitrogen and oxygen atoms in total. The Kier molecular flexibility index (Phi) is 8.95. The number of aliphatic hydroxyl groups is 1. The maximum Gasteiger partial charge on any atom is 0.148 e. The number of aliphatic hydroxyl groups excluding tert-OH is 1. The minimum Gasteiger partial charge on any atom is -0.373 e. The lowest BCUT2D eigenvalue weighted by Gasteiger charge is -2.12. The summed E-state index contributed by atoms with van der Waals surface area (Å²) in [5.41, 5.74) is 0.723. The molecule has 0 bridgehead atoms. The van der Waals surface area contributed by atoms with E-state index in [1.54, 1.807) is 0 Å². The first-order valence-corrected chi connectivity index (χ1v) is 8.40. The van der Waals surface area contributed by atoms with E-state index in [0.29, 0.717) is 0 Å². The van der Waals surface area contributed by atoms with Gasteiger partial charge in [-0.25, -0.2) is 4.98 Å². The first-order chi connectivity index (χ1) is 10.3. The predicted molar refractivity (Wildman–Crippen MR) is 90.1 cm³/mol. The zero-order valence-corrected chi connectivity index (χ0v) is 13.7. The fourth-order valence-electron chi connectivity index (χ4n) is 2.34. The highest BCUT2D eigenvalue weighted by Crippen LogP contribution is 2.05. The summed E-state index contributed by atoms with van der Waals surface area (Å²) in [4.78, 5) is 4.53. The number of aromatic nitrogens is 1. The lowest BCUT2D eigenvalue weighted by molar-refractivity contribution is 0.134. The standard InChI is InChI=1S/C16H24N2O.C2H6/c1-2-3-4-7-12-17-16(19)15-11-10-13-8-5-6-9-14(13)18-15;1-2/h8-11,16-17,19H,2-7,12H2,1H3;1-2H3. The molecule has 1 heterocycles. The number of pyridine rings is 1. The molecule has 0 saturated heterocycles. The van der Waals surface area contributed by atoms with Gasteiger partial charge in [-0.3, -0.25) is 5.32 Å². The molecule has 1 aromatic rings. The second-order valence-corrected chi connectivity index (χ2v) is 5.11. The zero-order valence-electron chi connectivity index (χ0n) is 13.7. The summed E-state index contributed by atoms with van der Waals surface area (Å²) in [5, 5.41) is 15.4. The van der Waals surface area contributed by atoms with E-state index in [1.165, 1.54) is 24.5 Å². The molecule has 0 fully saturated rings. The first kappa shape index (κ1) is 17.9. The van der Waals surface area contributed by atoms with Crippen LogP contribution in [-0.4, -0.2) is 16.6 Å². The molecular weight excluding hydrogens is 260 g/mol. The van der Waals surface area contributed by atoms with Gasteiger partial charge in [-0.05, 0) is 37.1 Å². The summed E-state index contributed by atoms with van der Waals surface area (Å²) in [5.74, 6) is 0. The minimum atomic E-state index is -0.651. The molecule has 21 heavy (non-hydrogen) atoms. The van der Waals surface area contributed by atoms with E-state index in [0.717, 1.165) is 36.9 Å². The number of nitrogens with zero attached hydrogens (tertiary/aromatic N) is 1. The van der Waals surface area contributed by atoms with E-state index < -0.39 is 6.23 Å². The molecular formula is C18H30N2O. The van der Waals surface area contributed by atoms with Crippen LogP contribution in [0.5, 0.6) is 0 Å². The van der Waals surface area contributed by atoms with Crippen LogP contribution in [0.4, 0.5) is 0 Å². The molecule has 3 heteroatoms. The molecule has 0 spiro atoms. The highest BCUT2D eigenvalue weighted by molar-refractivity contribution is 5.36. The Balaban J connectivity index is 0.00000106. The molecule has 0 aromatic carbocycles. The number of nitrogens with one attached hydrogen (secondary N) is 1. The van der Waals surface area contributed by atoms with Gasteiger partial charge in [-0.15, -0.1) is 0 Å². The predicted octanol–water partition coefficient (Wildman–Crippen LogP) is 2.62.